The number of hydrogen-bond donors (Lipinski definition) is 0. The van der Waals surface area contributed by atoms with E-state index >= 15 is 0 Å². The average Bonchev–Trinajstić information content (AvgIpc) is 2.92. The maximum Gasteiger partial charge on any atom is 0.340 e. The van der Waals surface area contributed by atoms with Crippen LogP contribution in [-0.4, -0.2) is 30.4 Å². The van der Waals surface area contributed by atoms with Crippen molar-refractivity contribution in [2.45, 2.75) is 13.3 Å². The third kappa shape index (κ3) is 3.96. The summed E-state index contributed by atoms with van der Waals surface area (Å²) in [6, 6.07) is 17.1. The van der Waals surface area contributed by atoms with Gasteiger partial charge in [-0.25, -0.2) is 4.79 Å². The summed E-state index contributed by atoms with van der Waals surface area (Å²) < 4.78 is 4.91. The Bertz CT molecular complexity index is 932. The molecule has 0 N–H and O–H groups in total. The van der Waals surface area contributed by atoms with Gasteiger partial charge in [-0.05, 0) is 36.6 Å². The van der Waals surface area contributed by atoms with Crippen LogP contribution >= 0.6 is 11.6 Å². The minimum absolute atomic E-state index is 0.219. The van der Waals surface area contributed by atoms with E-state index in [1.165, 1.54) is 7.11 Å². The lowest BCUT2D eigenvalue weighted by atomic mass is 10.0. The van der Waals surface area contributed by atoms with Crippen molar-refractivity contribution in [1.82, 2.24) is 4.90 Å². The van der Waals surface area contributed by atoms with Crippen molar-refractivity contribution in [3.05, 3.63) is 87.6 Å². The molecule has 2 aromatic rings. The molecule has 138 valence electrons. The summed E-state index contributed by atoms with van der Waals surface area (Å²) in [4.78, 5) is 27.0. The Morgan fingerprint density at radius 3 is 2.44 bits per heavy atom. The molecule has 0 bridgehead atoms. The number of esters is 1. The van der Waals surface area contributed by atoms with Crippen LogP contribution in [0.4, 0.5) is 0 Å². The molecule has 0 unspecified atom stereocenters. The van der Waals surface area contributed by atoms with Gasteiger partial charge in [0.25, 0.3) is 5.91 Å². The predicted molar refractivity (Wildman–Crippen MR) is 106 cm³/mol. The second-order valence-electron chi connectivity index (χ2n) is 6.22. The van der Waals surface area contributed by atoms with Crippen LogP contribution in [0.2, 0.25) is 5.02 Å². The molecule has 1 heterocycles. The van der Waals surface area contributed by atoms with Crippen molar-refractivity contribution in [3.63, 3.8) is 0 Å². The quantitative estimate of drug-likeness (QED) is 0.574. The molecule has 0 saturated carbocycles. The Hall–Kier alpha value is -2.85. The number of hydrogen-bond acceptors (Lipinski definition) is 3. The van der Waals surface area contributed by atoms with Gasteiger partial charge in [0.15, 0.2) is 0 Å². The molecular formula is C22H20ClNO3. The van der Waals surface area contributed by atoms with Crippen molar-refractivity contribution in [1.29, 1.82) is 0 Å². The number of amides is 1. The number of nitrogens with zero attached hydrogens (tertiary/aromatic N) is 1. The normalized spacial score (nSPS) is 15.6. The van der Waals surface area contributed by atoms with E-state index in [4.69, 9.17) is 16.3 Å². The van der Waals surface area contributed by atoms with Gasteiger partial charge >= 0.3 is 5.97 Å². The number of halogens is 1. The van der Waals surface area contributed by atoms with Crippen molar-refractivity contribution >= 4 is 29.6 Å². The highest BCUT2D eigenvalue weighted by Gasteiger charge is 2.36. The van der Waals surface area contributed by atoms with Gasteiger partial charge in [0.2, 0.25) is 0 Å². The number of benzene rings is 2. The highest BCUT2D eigenvalue weighted by molar-refractivity contribution is 6.32. The summed E-state index contributed by atoms with van der Waals surface area (Å²) >= 11 is 6.22. The summed E-state index contributed by atoms with van der Waals surface area (Å²) in [6.07, 6.45) is 2.35. The minimum Gasteiger partial charge on any atom is -0.465 e. The van der Waals surface area contributed by atoms with E-state index in [0.29, 0.717) is 34.8 Å². The monoisotopic (exact) mass is 381 g/mol. The first-order valence-electron chi connectivity index (χ1n) is 8.64. The topological polar surface area (TPSA) is 46.6 Å². The van der Waals surface area contributed by atoms with E-state index in [-0.39, 0.29) is 11.5 Å². The average molecular weight is 382 g/mol. The van der Waals surface area contributed by atoms with E-state index in [2.05, 4.69) is 0 Å². The second-order valence-corrected chi connectivity index (χ2v) is 6.63. The van der Waals surface area contributed by atoms with Gasteiger partial charge in [0, 0.05) is 17.3 Å². The minimum atomic E-state index is -0.527. The summed E-state index contributed by atoms with van der Waals surface area (Å²) in [5, 5.41) is 0.516. The van der Waals surface area contributed by atoms with Crippen LogP contribution in [0.25, 0.3) is 6.08 Å². The molecule has 2 aromatic carbocycles. The molecular weight excluding hydrogens is 362 g/mol. The number of allylic oxidation sites excluding steroid dienone is 1. The van der Waals surface area contributed by atoms with Gasteiger partial charge in [-0.3, -0.25) is 4.79 Å². The Balaban J connectivity index is 1.95. The SMILES string of the molecule is COC(=O)C1=C(C)N(CCc2ccccc2)C(=O)/C1=C\c1ccccc1Cl. The standard InChI is InChI=1S/C22H20ClNO3/c1-15-20(22(26)27-2)18(14-17-10-6-7-11-19(17)23)21(25)24(15)13-12-16-8-4-3-5-9-16/h3-11,14H,12-13H2,1-2H3/b18-14-. The van der Waals surface area contributed by atoms with E-state index in [1.54, 1.807) is 30.0 Å². The number of carbonyl (C=O) groups is 2. The first kappa shape index (κ1) is 18.9. The highest BCUT2D eigenvalue weighted by Crippen LogP contribution is 2.32. The lowest BCUT2D eigenvalue weighted by Gasteiger charge is -2.17. The smallest absolute Gasteiger partial charge is 0.340 e. The Kier molecular flexibility index (Phi) is 5.77. The molecule has 1 aliphatic heterocycles. The van der Waals surface area contributed by atoms with Crippen LogP contribution in [0.1, 0.15) is 18.1 Å². The molecule has 27 heavy (non-hydrogen) atoms. The molecule has 0 fully saturated rings. The molecule has 0 radical (unpaired) electrons. The van der Waals surface area contributed by atoms with Gasteiger partial charge in [0.05, 0.1) is 18.3 Å². The van der Waals surface area contributed by atoms with Gasteiger partial charge < -0.3 is 9.64 Å². The zero-order valence-corrected chi connectivity index (χ0v) is 16.0. The van der Waals surface area contributed by atoms with Crippen LogP contribution in [0, 0.1) is 0 Å². The van der Waals surface area contributed by atoms with E-state index in [1.807, 2.05) is 42.5 Å². The molecule has 0 spiro atoms. The van der Waals surface area contributed by atoms with Gasteiger partial charge in [-0.1, -0.05) is 60.1 Å². The van der Waals surface area contributed by atoms with Crippen LogP contribution in [0.5, 0.6) is 0 Å². The molecule has 0 atom stereocenters. The maximum atomic E-state index is 13.0. The second kappa shape index (κ2) is 8.23. The van der Waals surface area contributed by atoms with Crippen LogP contribution in [0.15, 0.2) is 71.4 Å². The van der Waals surface area contributed by atoms with Gasteiger partial charge in [-0.15, -0.1) is 0 Å². The fourth-order valence-corrected chi connectivity index (χ4v) is 3.32. The molecule has 1 aliphatic rings. The summed E-state index contributed by atoms with van der Waals surface area (Å²) in [5.41, 5.74) is 3.00. The fourth-order valence-electron chi connectivity index (χ4n) is 3.13. The van der Waals surface area contributed by atoms with Crippen molar-refractivity contribution in [3.8, 4) is 0 Å². The van der Waals surface area contributed by atoms with Crippen LogP contribution < -0.4 is 0 Å². The maximum absolute atomic E-state index is 13.0. The largest absolute Gasteiger partial charge is 0.465 e. The van der Waals surface area contributed by atoms with E-state index in [0.717, 1.165) is 5.56 Å². The van der Waals surface area contributed by atoms with E-state index in [9.17, 15) is 9.59 Å². The molecule has 3 rings (SSSR count). The lowest BCUT2D eigenvalue weighted by molar-refractivity contribution is -0.136. The zero-order chi connectivity index (χ0) is 19.4. The summed E-state index contributed by atoms with van der Waals surface area (Å²) in [6.45, 7) is 2.25. The van der Waals surface area contributed by atoms with Crippen molar-refractivity contribution < 1.29 is 14.3 Å². The Labute approximate surface area is 163 Å². The molecule has 4 nitrogen and oxygen atoms in total. The van der Waals surface area contributed by atoms with Crippen molar-refractivity contribution in [2.24, 2.45) is 0 Å². The number of rotatable bonds is 5. The van der Waals surface area contributed by atoms with Crippen LogP contribution in [0.3, 0.4) is 0 Å². The molecule has 1 amide bonds. The van der Waals surface area contributed by atoms with Crippen LogP contribution in [-0.2, 0) is 20.7 Å². The Morgan fingerprint density at radius 1 is 1.11 bits per heavy atom. The fraction of sp³-hybridized carbons (Fsp3) is 0.182. The zero-order valence-electron chi connectivity index (χ0n) is 15.2. The molecule has 0 saturated heterocycles. The van der Waals surface area contributed by atoms with Gasteiger partial charge in [0.1, 0.15) is 0 Å². The van der Waals surface area contributed by atoms with Crippen molar-refractivity contribution in [2.75, 3.05) is 13.7 Å². The van der Waals surface area contributed by atoms with E-state index < -0.39 is 5.97 Å². The predicted octanol–water partition coefficient (Wildman–Crippen LogP) is 4.26. The molecule has 0 aromatic heterocycles. The number of carbonyl (C=O) groups excluding carboxylic acids is 2. The third-order valence-corrected chi connectivity index (χ3v) is 4.92. The lowest BCUT2D eigenvalue weighted by Crippen LogP contribution is -2.27. The first-order valence-corrected chi connectivity index (χ1v) is 9.02. The molecule has 0 aliphatic carbocycles. The molecule has 5 heteroatoms. The van der Waals surface area contributed by atoms with Gasteiger partial charge in [-0.2, -0.15) is 0 Å². The Morgan fingerprint density at radius 2 is 1.78 bits per heavy atom. The summed E-state index contributed by atoms with van der Waals surface area (Å²) in [5.74, 6) is -0.745. The highest BCUT2D eigenvalue weighted by atomic mass is 35.5. The summed E-state index contributed by atoms with van der Waals surface area (Å²) in [7, 11) is 1.31. The third-order valence-electron chi connectivity index (χ3n) is 4.57. The first-order chi connectivity index (χ1) is 13.0. The number of ether oxygens (including phenoxy) is 1. The number of methoxy groups -OCH3 is 1.